The lowest BCUT2D eigenvalue weighted by Crippen LogP contribution is -2.56. The first kappa shape index (κ1) is 15.7. The Hall–Kier alpha value is -1.67. The number of carbonyl (C=O) groups is 3. The number of aliphatic hydroxyl groups is 1. The molecule has 3 N–H and O–H groups in total. The van der Waals surface area contributed by atoms with E-state index in [-0.39, 0.29) is 18.4 Å². The van der Waals surface area contributed by atoms with E-state index in [2.05, 4.69) is 10.6 Å². The number of hydrogen-bond acceptors (Lipinski definition) is 5. The summed E-state index contributed by atoms with van der Waals surface area (Å²) in [6.07, 6.45) is -0.457. The van der Waals surface area contributed by atoms with Gasteiger partial charge in [-0.15, -0.1) is 0 Å². The number of nitrogens with one attached hydrogen (secondary N) is 2. The molecule has 21 heavy (non-hydrogen) atoms. The van der Waals surface area contributed by atoms with Crippen LogP contribution in [-0.4, -0.2) is 84.5 Å². The van der Waals surface area contributed by atoms with E-state index in [1.54, 1.807) is 0 Å². The Morgan fingerprint density at radius 2 is 1.95 bits per heavy atom. The van der Waals surface area contributed by atoms with E-state index in [1.165, 1.54) is 9.80 Å². The quantitative estimate of drug-likeness (QED) is 0.482. The number of piperazine rings is 1. The second kappa shape index (κ2) is 6.86. The smallest absolute Gasteiger partial charge is 0.312 e. The highest BCUT2D eigenvalue weighted by Crippen LogP contribution is 2.07. The van der Waals surface area contributed by atoms with Gasteiger partial charge >= 0.3 is 11.8 Å². The molecule has 0 aliphatic carbocycles. The minimum atomic E-state index is -0.624. The van der Waals surface area contributed by atoms with Gasteiger partial charge in [-0.3, -0.25) is 14.4 Å². The average Bonchev–Trinajstić information content (AvgIpc) is 2.87. The van der Waals surface area contributed by atoms with E-state index in [0.29, 0.717) is 39.3 Å². The molecule has 2 saturated heterocycles. The van der Waals surface area contributed by atoms with Gasteiger partial charge in [0.1, 0.15) is 6.54 Å². The Morgan fingerprint density at radius 3 is 2.57 bits per heavy atom. The van der Waals surface area contributed by atoms with Gasteiger partial charge in [0, 0.05) is 45.2 Å². The van der Waals surface area contributed by atoms with Crippen LogP contribution in [0.15, 0.2) is 0 Å². The summed E-state index contributed by atoms with van der Waals surface area (Å²) >= 11 is 0. The van der Waals surface area contributed by atoms with Gasteiger partial charge in [0.05, 0.1) is 6.10 Å². The zero-order valence-corrected chi connectivity index (χ0v) is 12.2. The highest BCUT2D eigenvalue weighted by atomic mass is 16.3. The first-order valence-corrected chi connectivity index (χ1v) is 7.26. The van der Waals surface area contributed by atoms with E-state index < -0.39 is 17.9 Å². The molecule has 8 heteroatoms. The van der Waals surface area contributed by atoms with Crippen molar-refractivity contribution in [1.29, 1.82) is 0 Å². The Kier molecular flexibility index (Phi) is 5.13. The molecular formula is C13H22N4O4. The molecule has 0 radical (unpaired) electrons. The zero-order chi connectivity index (χ0) is 15.4. The van der Waals surface area contributed by atoms with Crippen LogP contribution < -0.4 is 10.6 Å². The van der Waals surface area contributed by atoms with Crippen molar-refractivity contribution in [3.63, 3.8) is 0 Å². The fraction of sp³-hybridized carbons (Fsp3) is 0.769. The summed E-state index contributed by atoms with van der Waals surface area (Å²) in [5.41, 5.74) is 0. The van der Waals surface area contributed by atoms with Gasteiger partial charge in [-0.05, 0) is 6.92 Å². The van der Waals surface area contributed by atoms with Crippen molar-refractivity contribution in [2.45, 2.75) is 13.0 Å². The molecule has 2 atom stereocenters. The molecule has 0 aromatic heterocycles. The predicted molar refractivity (Wildman–Crippen MR) is 74.2 cm³/mol. The van der Waals surface area contributed by atoms with E-state index in [9.17, 15) is 19.5 Å². The van der Waals surface area contributed by atoms with Crippen LogP contribution >= 0.6 is 0 Å². The van der Waals surface area contributed by atoms with Gasteiger partial charge < -0.3 is 25.5 Å². The number of carbonyl (C=O) groups excluding carboxylic acids is 3. The monoisotopic (exact) mass is 298 g/mol. The highest BCUT2D eigenvalue weighted by Gasteiger charge is 2.32. The molecule has 0 aromatic carbocycles. The third-order valence-electron chi connectivity index (χ3n) is 3.98. The molecule has 0 saturated carbocycles. The van der Waals surface area contributed by atoms with Gasteiger partial charge in [0.15, 0.2) is 0 Å². The molecule has 118 valence electrons. The van der Waals surface area contributed by atoms with Crippen LogP contribution in [-0.2, 0) is 14.4 Å². The molecule has 0 aromatic rings. The van der Waals surface area contributed by atoms with E-state index >= 15 is 0 Å². The molecule has 3 amide bonds. The van der Waals surface area contributed by atoms with Crippen LogP contribution in [0.5, 0.6) is 0 Å². The van der Waals surface area contributed by atoms with Crippen LogP contribution in [0.4, 0.5) is 0 Å². The predicted octanol–water partition coefficient (Wildman–Crippen LogP) is -2.63. The Labute approximate surface area is 123 Å². The minimum absolute atomic E-state index is 0.0109. The summed E-state index contributed by atoms with van der Waals surface area (Å²) in [4.78, 5) is 38.2. The second-order valence-corrected chi connectivity index (χ2v) is 5.40. The molecule has 2 rings (SSSR count). The van der Waals surface area contributed by atoms with Gasteiger partial charge in [-0.2, -0.15) is 0 Å². The number of nitrogens with zero attached hydrogens (tertiary/aromatic N) is 2. The van der Waals surface area contributed by atoms with Crippen LogP contribution in [0.3, 0.4) is 0 Å². The van der Waals surface area contributed by atoms with Crippen molar-refractivity contribution in [3.05, 3.63) is 0 Å². The molecule has 2 unspecified atom stereocenters. The lowest BCUT2D eigenvalue weighted by molar-refractivity contribution is -0.156. The van der Waals surface area contributed by atoms with Gasteiger partial charge in [-0.25, -0.2) is 0 Å². The normalized spacial score (nSPS) is 26.4. The molecule has 8 nitrogen and oxygen atoms in total. The number of β-amino-alcohol motifs (C(OH)–C–C–N with tert-alkyl or cyclic N) is 1. The second-order valence-electron chi connectivity index (χ2n) is 5.40. The summed E-state index contributed by atoms with van der Waals surface area (Å²) in [6, 6.07) is 0. The topological polar surface area (TPSA) is 102 Å². The number of rotatable bonds is 5. The van der Waals surface area contributed by atoms with Crippen molar-refractivity contribution in [2.24, 2.45) is 5.92 Å². The zero-order valence-electron chi connectivity index (χ0n) is 12.2. The van der Waals surface area contributed by atoms with Crippen molar-refractivity contribution in [2.75, 3.05) is 45.8 Å². The number of amides is 3. The molecule has 2 fully saturated rings. The Bertz CT molecular complexity index is 428. The van der Waals surface area contributed by atoms with E-state index in [0.717, 1.165) is 0 Å². The van der Waals surface area contributed by atoms with Crippen LogP contribution in [0.25, 0.3) is 0 Å². The van der Waals surface area contributed by atoms with Crippen LogP contribution in [0.1, 0.15) is 6.92 Å². The van der Waals surface area contributed by atoms with Crippen LogP contribution in [0.2, 0.25) is 0 Å². The van der Waals surface area contributed by atoms with E-state index in [4.69, 9.17) is 0 Å². The van der Waals surface area contributed by atoms with Gasteiger partial charge in [0.25, 0.3) is 0 Å². The lowest BCUT2D eigenvalue weighted by Gasteiger charge is -2.32. The summed E-state index contributed by atoms with van der Waals surface area (Å²) in [5.74, 6) is -1.49. The van der Waals surface area contributed by atoms with Gasteiger partial charge in [-0.1, -0.05) is 0 Å². The fourth-order valence-corrected chi connectivity index (χ4v) is 2.57. The van der Waals surface area contributed by atoms with Crippen LogP contribution in [0, 0.1) is 5.92 Å². The lowest BCUT2D eigenvalue weighted by atomic mass is 10.1. The fourth-order valence-electron chi connectivity index (χ4n) is 2.57. The van der Waals surface area contributed by atoms with Crippen molar-refractivity contribution < 1.29 is 19.5 Å². The molecule has 2 heterocycles. The maximum Gasteiger partial charge on any atom is 0.312 e. The molecule has 0 spiro atoms. The highest BCUT2D eigenvalue weighted by molar-refractivity contribution is 6.35. The summed E-state index contributed by atoms with van der Waals surface area (Å²) < 4.78 is 0. The SMILES string of the molecule is CCN1CCN(CC(=O)NCC2CNCC2O)C(=O)C1=O. The van der Waals surface area contributed by atoms with Gasteiger partial charge in [0.2, 0.25) is 5.91 Å². The maximum absolute atomic E-state index is 11.8. The van der Waals surface area contributed by atoms with E-state index in [1.807, 2.05) is 6.92 Å². The average molecular weight is 298 g/mol. The third kappa shape index (κ3) is 3.70. The number of likely N-dealkylation sites (N-methyl/N-ethyl adjacent to an activating group) is 1. The minimum Gasteiger partial charge on any atom is -0.391 e. The first-order valence-electron chi connectivity index (χ1n) is 7.26. The third-order valence-corrected chi connectivity index (χ3v) is 3.98. The Morgan fingerprint density at radius 1 is 1.29 bits per heavy atom. The standard InChI is InChI=1S/C13H22N4O4/c1-2-16-3-4-17(13(21)12(16)20)8-11(19)15-6-9-5-14-7-10(9)18/h9-10,14,18H,2-8H2,1H3,(H,15,19). The molecule has 0 bridgehead atoms. The molecule has 2 aliphatic rings. The summed E-state index contributed by atoms with van der Waals surface area (Å²) in [6.45, 7) is 4.59. The molecular weight excluding hydrogens is 276 g/mol. The maximum atomic E-state index is 11.8. The Balaban J connectivity index is 1.77. The number of hydrogen-bond donors (Lipinski definition) is 3. The van der Waals surface area contributed by atoms with Crippen molar-refractivity contribution in [1.82, 2.24) is 20.4 Å². The molecule has 2 aliphatic heterocycles. The number of aliphatic hydroxyl groups excluding tert-OH is 1. The summed E-state index contributed by atoms with van der Waals surface area (Å²) in [7, 11) is 0. The first-order chi connectivity index (χ1) is 10.0. The summed E-state index contributed by atoms with van der Waals surface area (Å²) in [5, 5.41) is 15.4. The largest absolute Gasteiger partial charge is 0.391 e. The van der Waals surface area contributed by atoms with Crippen molar-refractivity contribution in [3.8, 4) is 0 Å². The van der Waals surface area contributed by atoms with Crippen molar-refractivity contribution >= 4 is 17.7 Å².